The molecule has 3 heterocycles. The number of hydrogen-bond acceptors (Lipinski definition) is 8. The fourth-order valence-electron chi connectivity index (χ4n) is 4.37. The molecule has 4 rings (SSSR count). The molecule has 1 aromatic heterocycles. The first kappa shape index (κ1) is 28.4. The summed E-state index contributed by atoms with van der Waals surface area (Å²) in [6.07, 6.45) is 4.54. The number of aromatic nitrogens is 2. The smallest absolute Gasteiger partial charge is 0.402 e. The van der Waals surface area contributed by atoms with Crippen LogP contribution in [0.15, 0.2) is 21.9 Å². The molecule has 2 aliphatic heterocycles. The second-order valence-corrected chi connectivity index (χ2v) is 12.5. The van der Waals surface area contributed by atoms with Gasteiger partial charge in [-0.3, -0.25) is 18.9 Å². The number of rotatable bonds is 4. The Kier molecular flexibility index (Phi) is 7.38. The zero-order valence-corrected chi connectivity index (χ0v) is 23.0. The molecule has 3 N–H and O–H groups in total. The van der Waals surface area contributed by atoms with Crippen molar-refractivity contribution in [1.29, 1.82) is 0 Å². The second kappa shape index (κ2) is 9.87. The first-order valence-electron chi connectivity index (χ1n) is 12.1. The second-order valence-electron chi connectivity index (χ2n) is 11.4. The largest absolute Gasteiger partial charge is 0.426 e. The molecule has 0 spiro atoms. The Morgan fingerprint density at radius 3 is 2.42 bits per heavy atom. The third kappa shape index (κ3) is 5.43. The van der Waals surface area contributed by atoms with Crippen LogP contribution in [0.5, 0.6) is 5.75 Å². The molecule has 2 aromatic rings. The van der Waals surface area contributed by atoms with Crippen LogP contribution in [0.25, 0.3) is 0 Å². The van der Waals surface area contributed by atoms with E-state index in [1.807, 2.05) is 41.5 Å². The van der Waals surface area contributed by atoms with Crippen LogP contribution in [0, 0.1) is 18.2 Å². The van der Waals surface area contributed by atoms with E-state index in [2.05, 4.69) is 10.9 Å². The molecule has 3 atom stereocenters. The van der Waals surface area contributed by atoms with Crippen LogP contribution in [0.4, 0.5) is 4.39 Å². The van der Waals surface area contributed by atoms with Crippen molar-refractivity contribution in [2.24, 2.45) is 0 Å². The molecule has 0 radical (unpaired) electrons. The molecule has 0 aliphatic carbocycles. The summed E-state index contributed by atoms with van der Waals surface area (Å²) in [4.78, 5) is 26.1. The van der Waals surface area contributed by atoms with Crippen molar-refractivity contribution >= 4 is 8.60 Å². The molecule has 1 aromatic carbocycles. The maximum absolute atomic E-state index is 15.5. The SMILES string of the molecule is C#Cc1cn(C2CCC(C(O)(O)OP3OCc4c(F)c(C(C)(C)C)cc(C(C)(C)C)c4O3)O2)c(=O)[nH]c1=O. The van der Waals surface area contributed by atoms with Crippen molar-refractivity contribution in [3.05, 3.63) is 61.2 Å². The Morgan fingerprint density at radius 2 is 1.82 bits per heavy atom. The predicted octanol–water partition coefficient (Wildman–Crippen LogP) is 3.42. The van der Waals surface area contributed by atoms with Gasteiger partial charge in [0.15, 0.2) is 0 Å². The van der Waals surface area contributed by atoms with Gasteiger partial charge in [0.25, 0.3) is 5.56 Å². The third-order valence-corrected chi connectivity index (χ3v) is 7.55. The van der Waals surface area contributed by atoms with E-state index in [-0.39, 0.29) is 36.3 Å². The highest BCUT2D eigenvalue weighted by Gasteiger charge is 2.48. The molecular weight excluding hydrogens is 518 g/mol. The predicted molar refractivity (Wildman–Crippen MR) is 137 cm³/mol. The van der Waals surface area contributed by atoms with E-state index < -0.39 is 54.8 Å². The minimum Gasteiger partial charge on any atom is -0.426 e. The molecule has 38 heavy (non-hydrogen) atoms. The van der Waals surface area contributed by atoms with Crippen molar-refractivity contribution in [2.75, 3.05) is 0 Å². The molecular formula is C26H32FN2O8P. The van der Waals surface area contributed by atoms with E-state index >= 15 is 4.39 Å². The minimum absolute atomic E-state index is 0.0743. The number of aliphatic hydroxyl groups is 2. The van der Waals surface area contributed by atoms with E-state index in [0.717, 1.165) is 10.1 Å². The highest BCUT2D eigenvalue weighted by atomic mass is 31.2. The lowest BCUT2D eigenvalue weighted by Gasteiger charge is -2.35. The van der Waals surface area contributed by atoms with Gasteiger partial charge >= 0.3 is 20.3 Å². The van der Waals surface area contributed by atoms with Gasteiger partial charge in [0.05, 0.1) is 12.2 Å². The fraction of sp³-hybridized carbons (Fsp3) is 0.538. The molecule has 12 heteroatoms. The Bertz CT molecular complexity index is 1400. The normalized spacial score (nSPS) is 22.1. The number of H-pyrrole nitrogens is 1. The van der Waals surface area contributed by atoms with Crippen molar-refractivity contribution in [1.82, 2.24) is 9.55 Å². The lowest BCUT2D eigenvalue weighted by atomic mass is 9.78. The summed E-state index contributed by atoms with van der Waals surface area (Å²) in [7, 11) is -2.35. The Morgan fingerprint density at radius 1 is 1.16 bits per heavy atom. The van der Waals surface area contributed by atoms with E-state index in [9.17, 15) is 19.8 Å². The molecule has 0 saturated carbocycles. The molecule has 206 valence electrons. The van der Waals surface area contributed by atoms with E-state index in [1.54, 1.807) is 6.07 Å². The summed E-state index contributed by atoms with van der Waals surface area (Å²) in [5.74, 6) is -0.859. The average Bonchev–Trinajstić information content (AvgIpc) is 3.28. The number of nitrogens with one attached hydrogen (secondary N) is 1. The number of aromatic amines is 1. The Labute approximate surface area is 220 Å². The summed E-state index contributed by atoms with van der Waals surface area (Å²) in [5.41, 5.74) is -0.925. The van der Waals surface area contributed by atoms with E-state index in [1.165, 1.54) is 6.20 Å². The van der Waals surface area contributed by atoms with Crippen LogP contribution in [-0.4, -0.2) is 31.8 Å². The van der Waals surface area contributed by atoms with Crippen molar-refractivity contribution in [3.8, 4) is 18.1 Å². The van der Waals surface area contributed by atoms with E-state index in [0.29, 0.717) is 5.56 Å². The molecule has 0 amide bonds. The van der Waals surface area contributed by atoms with Gasteiger partial charge in [0.2, 0.25) is 0 Å². The number of fused-ring (bicyclic) bond motifs is 1. The molecule has 1 saturated heterocycles. The summed E-state index contributed by atoms with van der Waals surface area (Å²) in [6, 6.07) is 1.77. The standard InChI is InChI=1S/C26H32FN2O8P/c1-8-14-12-29(23(31)28-22(14)30)19-10-9-18(35-19)26(32,33)37-38-34-13-15-20(27)16(24(2,3)4)11-17(21(15)36-38)25(5,6)7/h1,11-12,18-19,32-33H,9-10,13H2,2-7H3,(H,28,30,31). The number of hydrogen-bond donors (Lipinski definition) is 3. The number of halogens is 1. The van der Waals surface area contributed by atoms with Crippen LogP contribution in [0.1, 0.15) is 82.9 Å². The first-order chi connectivity index (χ1) is 17.5. The molecule has 2 aliphatic rings. The Balaban J connectivity index is 1.55. The quantitative estimate of drug-likeness (QED) is 0.300. The van der Waals surface area contributed by atoms with Crippen molar-refractivity contribution in [3.63, 3.8) is 0 Å². The van der Waals surface area contributed by atoms with Crippen molar-refractivity contribution in [2.45, 2.75) is 90.1 Å². The summed E-state index contributed by atoms with van der Waals surface area (Å²) in [5, 5.41) is 21.5. The Hall–Kier alpha value is -2.58. The maximum atomic E-state index is 15.5. The fourth-order valence-corrected chi connectivity index (χ4v) is 5.44. The van der Waals surface area contributed by atoms with Crippen LogP contribution in [-0.2, 0) is 31.2 Å². The highest BCUT2D eigenvalue weighted by Crippen LogP contribution is 2.54. The zero-order valence-electron chi connectivity index (χ0n) is 22.1. The van der Waals surface area contributed by atoms with Gasteiger partial charge in [-0.1, -0.05) is 47.5 Å². The zero-order chi connectivity index (χ0) is 28.2. The summed E-state index contributed by atoms with van der Waals surface area (Å²) < 4.78 is 39.1. The third-order valence-electron chi connectivity index (χ3n) is 6.46. The van der Waals surface area contributed by atoms with Gasteiger partial charge in [-0.05, 0) is 35.3 Å². The van der Waals surface area contributed by atoms with Gasteiger partial charge in [-0.2, -0.15) is 0 Å². The van der Waals surface area contributed by atoms with Crippen molar-refractivity contribution < 1.29 is 32.9 Å². The lowest BCUT2D eigenvalue weighted by molar-refractivity contribution is -0.346. The topological polar surface area (TPSA) is 132 Å². The van der Waals surface area contributed by atoms with Crippen LogP contribution < -0.4 is 15.8 Å². The number of benzene rings is 1. The van der Waals surface area contributed by atoms with Gasteiger partial charge in [0, 0.05) is 11.8 Å². The molecule has 10 nitrogen and oxygen atoms in total. The number of ether oxygens (including phenoxy) is 1. The van der Waals surface area contributed by atoms with Crippen LogP contribution in [0.2, 0.25) is 0 Å². The molecule has 1 fully saturated rings. The van der Waals surface area contributed by atoms with Gasteiger partial charge in [0.1, 0.15) is 29.5 Å². The van der Waals surface area contributed by atoms with E-state index in [4.69, 9.17) is 24.7 Å². The molecule has 0 bridgehead atoms. The average molecular weight is 551 g/mol. The number of terminal acetylenes is 1. The monoisotopic (exact) mass is 550 g/mol. The molecule has 3 unspecified atom stereocenters. The van der Waals surface area contributed by atoms with Gasteiger partial charge in [-0.25, -0.2) is 13.7 Å². The van der Waals surface area contributed by atoms with Crippen LogP contribution >= 0.6 is 8.60 Å². The number of nitrogens with zero attached hydrogens (tertiary/aromatic N) is 1. The highest BCUT2D eigenvalue weighted by molar-refractivity contribution is 7.42. The first-order valence-corrected chi connectivity index (χ1v) is 13.2. The minimum atomic E-state index is -2.86. The summed E-state index contributed by atoms with van der Waals surface area (Å²) in [6.45, 7) is 11.5. The van der Waals surface area contributed by atoms with Gasteiger partial charge < -0.3 is 19.5 Å². The summed E-state index contributed by atoms with van der Waals surface area (Å²) >= 11 is 0. The van der Waals surface area contributed by atoms with Gasteiger partial charge in [-0.15, -0.1) is 6.42 Å². The lowest BCUT2D eigenvalue weighted by Crippen LogP contribution is -2.44. The van der Waals surface area contributed by atoms with Crippen LogP contribution in [0.3, 0.4) is 0 Å². The maximum Gasteiger partial charge on any atom is 0.402 e.